The van der Waals surface area contributed by atoms with Crippen molar-refractivity contribution >= 4 is 45.3 Å². The number of aromatic amines is 1. The van der Waals surface area contributed by atoms with E-state index in [1.54, 1.807) is 41.3 Å². The second-order valence-corrected chi connectivity index (χ2v) is 9.78. The molecule has 2 heterocycles. The highest BCUT2D eigenvalue weighted by molar-refractivity contribution is 9.10. The van der Waals surface area contributed by atoms with E-state index < -0.39 is 12.1 Å². The SMILES string of the molecule is CCOc1cc(Br)cc(C2N(C(C)=O)c3ccccc3-c3c(=O)[nH]c(SCC)n[n+]32)c1OC(C)=O. The van der Waals surface area contributed by atoms with Crippen LogP contribution in [0.25, 0.3) is 11.3 Å². The minimum atomic E-state index is -0.929. The fraction of sp³-hybridized carbons (Fsp3) is 0.292. The molecule has 0 saturated heterocycles. The third-order valence-electron chi connectivity index (χ3n) is 5.25. The number of hydrogen-bond acceptors (Lipinski definition) is 7. The number of fused-ring (bicyclic) bond motifs is 3. The molecule has 1 atom stereocenters. The van der Waals surface area contributed by atoms with E-state index in [4.69, 9.17) is 14.6 Å². The number of rotatable bonds is 6. The predicted octanol–water partition coefficient (Wildman–Crippen LogP) is 3.84. The van der Waals surface area contributed by atoms with Crippen LogP contribution < -0.4 is 24.6 Å². The van der Waals surface area contributed by atoms with Gasteiger partial charge in [-0.15, -0.1) is 0 Å². The summed E-state index contributed by atoms with van der Waals surface area (Å²) >= 11 is 4.88. The smallest absolute Gasteiger partial charge is 0.325 e. The van der Waals surface area contributed by atoms with Gasteiger partial charge in [-0.05, 0) is 41.6 Å². The average Bonchev–Trinajstić information content (AvgIpc) is 2.79. The fourth-order valence-electron chi connectivity index (χ4n) is 4.09. The molecule has 4 rings (SSSR count). The molecule has 35 heavy (non-hydrogen) atoms. The van der Waals surface area contributed by atoms with Gasteiger partial charge in [0, 0.05) is 23.4 Å². The van der Waals surface area contributed by atoms with E-state index >= 15 is 0 Å². The van der Waals surface area contributed by atoms with Gasteiger partial charge in [-0.2, -0.15) is 0 Å². The highest BCUT2D eigenvalue weighted by Crippen LogP contribution is 2.44. The van der Waals surface area contributed by atoms with Crippen LogP contribution in [0.15, 0.2) is 50.8 Å². The van der Waals surface area contributed by atoms with Crippen LogP contribution in [0.4, 0.5) is 5.69 Å². The Balaban J connectivity index is 2.12. The highest BCUT2D eigenvalue weighted by atomic mass is 79.9. The van der Waals surface area contributed by atoms with Gasteiger partial charge in [-0.1, -0.05) is 46.7 Å². The quantitative estimate of drug-likeness (QED) is 0.212. The van der Waals surface area contributed by atoms with E-state index in [-0.39, 0.29) is 22.9 Å². The molecule has 0 radical (unpaired) electrons. The molecule has 0 fully saturated rings. The van der Waals surface area contributed by atoms with Crippen molar-refractivity contribution in [3.05, 3.63) is 56.8 Å². The third kappa shape index (κ3) is 4.70. The molecule has 1 aliphatic rings. The number of halogens is 1. The van der Waals surface area contributed by atoms with E-state index in [0.29, 0.717) is 44.6 Å². The summed E-state index contributed by atoms with van der Waals surface area (Å²) in [4.78, 5) is 42.9. The van der Waals surface area contributed by atoms with Gasteiger partial charge < -0.3 is 9.47 Å². The largest absolute Gasteiger partial charge is 0.490 e. The number of aromatic nitrogens is 3. The lowest BCUT2D eigenvalue weighted by Gasteiger charge is -2.32. The standard InChI is InChI=1S/C24H23BrN4O5S/c1-5-33-19-12-15(25)11-17(21(19)34-14(4)31)23-28(13(3)30)18-10-8-7-9-16(18)20-22(32)26-24(35-6-2)27-29(20)23/h7-12,23H,5-6H2,1-4H3/p+1. The van der Waals surface area contributed by atoms with E-state index in [1.807, 2.05) is 13.8 Å². The molecule has 0 bridgehead atoms. The van der Waals surface area contributed by atoms with Gasteiger partial charge in [0.15, 0.2) is 11.5 Å². The Kier molecular flexibility index (Phi) is 7.27. The lowest BCUT2D eigenvalue weighted by Crippen LogP contribution is -2.60. The van der Waals surface area contributed by atoms with Crippen molar-refractivity contribution in [1.29, 1.82) is 0 Å². The first-order valence-corrected chi connectivity index (χ1v) is 12.8. The topological polar surface area (TPSA) is 105 Å². The number of benzene rings is 2. The maximum atomic E-state index is 13.3. The number of para-hydroxylation sites is 1. The molecule has 0 spiro atoms. The number of nitrogens with one attached hydrogen (secondary N) is 1. The summed E-state index contributed by atoms with van der Waals surface area (Å²) in [7, 11) is 0. The van der Waals surface area contributed by atoms with Crippen molar-refractivity contribution in [3.63, 3.8) is 0 Å². The molecule has 3 aromatic rings. The minimum Gasteiger partial charge on any atom is -0.490 e. The lowest BCUT2D eigenvalue weighted by molar-refractivity contribution is -0.763. The van der Waals surface area contributed by atoms with Crippen LogP contribution in [0, 0.1) is 0 Å². The van der Waals surface area contributed by atoms with Crippen LogP contribution in [0.3, 0.4) is 0 Å². The minimum absolute atomic E-state index is 0.156. The van der Waals surface area contributed by atoms with Crippen LogP contribution in [0.1, 0.15) is 39.4 Å². The summed E-state index contributed by atoms with van der Waals surface area (Å²) in [5.41, 5.74) is 1.48. The normalized spacial score (nSPS) is 14.2. The Morgan fingerprint density at radius 3 is 2.63 bits per heavy atom. The molecular weight excluding hydrogens is 536 g/mol. The number of thioether (sulfide) groups is 1. The van der Waals surface area contributed by atoms with Crippen molar-refractivity contribution in [1.82, 2.24) is 10.1 Å². The fourth-order valence-corrected chi connectivity index (χ4v) is 5.13. The zero-order chi connectivity index (χ0) is 25.3. The summed E-state index contributed by atoms with van der Waals surface area (Å²) in [6.45, 7) is 6.83. The predicted molar refractivity (Wildman–Crippen MR) is 135 cm³/mol. The molecule has 1 aliphatic heterocycles. The number of carbonyl (C=O) groups is 2. The summed E-state index contributed by atoms with van der Waals surface area (Å²) in [6.07, 6.45) is -0.929. The number of nitrogens with zero attached hydrogens (tertiary/aromatic N) is 3. The van der Waals surface area contributed by atoms with Crippen LogP contribution in [-0.2, 0) is 9.59 Å². The first kappa shape index (κ1) is 24.9. The highest BCUT2D eigenvalue weighted by Gasteiger charge is 2.47. The Hall–Kier alpha value is -3.18. The Bertz CT molecular complexity index is 1380. The van der Waals surface area contributed by atoms with E-state index in [0.717, 1.165) is 0 Å². The van der Waals surface area contributed by atoms with Crippen molar-refractivity contribution in [2.24, 2.45) is 0 Å². The summed E-state index contributed by atoms with van der Waals surface area (Å²) in [5, 5.41) is 5.12. The summed E-state index contributed by atoms with van der Waals surface area (Å²) < 4.78 is 13.6. The van der Waals surface area contributed by atoms with Crippen LogP contribution in [0.5, 0.6) is 11.5 Å². The third-order valence-corrected chi connectivity index (χ3v) is 6.45. The lowest BCUT2D eigenvalue weighted by atomic mass is 10.0. The molecule has 0 aliphatic carbocycles. The van der Waals surface area contributed by atoms with Gasteiger partial charge in [0.05, 0.1) is 23.4 Å². The number of amides is 1. The monoisotopic (exact) mass is 559 g/mol. The number of carbonyl (C=O) groups excluding carboxylic acids is 2. The van der Waals surface area contributed by atoms with Gasteiger partial charge in [0.2, 0.25) is 11.1 Å². The van der Waals surface area contributed by atoms with E-state index in [9.17, 15) is 14.4 Å². The number of ether oxygens (including phenoxy) is 2. The molecular formula is C24H24BrN4O5S+. The molecule has 11 heteroatoms. The van der Waals surface area contributed by atoms with Crippen molar-refractivity contribution in [2.45, 2.75) is 39.0 Å². The molecule has 9 nitrogen and oxygen atoms in total. The van der Waals surface area contributed by atoms with Crippen molar-refractivity contribution in [2.75, 3.05) is 17.3 Å². The van der Waals surface area contributed by atoms with Gasteiger partial charge in [-0.3, -0.25) is 19.4 Å². The summed E-state index contributed by atoms with van der Waals surface area (Å²) in [5.74, 6) is 0.336. The maximum Gasteiger partial charge on any atom is 0.325 e. The maximum absolute atomic E-state index is 13.3. The molecule has 0 saturated carbocycles. The number of anilines is 1. The van der Waals surface area contributed by atoms with Gasteiger partial charge >= 0.3 is 17.2 Å². The van der Waals surface area contributed by atoms with Crippen molar-refractivity contribution < 1.29 is 23.7 Å². The number of esters is 1. The van der Waals surface area contributed by atoms with Crippen LogP contribution in [0.2, 0.25) is 0 Å². The van der Waals surface area contributed by atoms with Gasteiger partial charge in [0.25, 0.3) is 6.17 Å². The number of hydrogen-bond donors (Lipinski definition) is 1. The number of H-pyrrole nitrogens is 1. The molecule has 182 valence electrons. The molecule has 2 aromatic carbocycles. The van der Waals surface area contributed by atoms with Crippen LogP contribution in [-0.4, -0.2) is 34.3 Å². The molecule has 1 unspecified atom stereocenters. The van der Waals surface area contributed by atoms with Crippen molar-refractivity contribution in [3.8, 4) is 22.8 Å². The molecule has 1 amide bonds. The second kappa shape index (κ2) is 10.2. The van der Waals surface area contributed by atoms with Gasteiger partial charge in [0.1, 0.15) is 0 Å². The average molecular weight is 560 g/mol. The molecule has 1 aromatic heterocycles. The van der Waals surface area contributed by atoms with E-state index in [1.165, 1.54) is 30.3 Å². The molecule has 1 N–H and O–H groups in total. The Morgan fingerprint density at radius 1 is 1.23 bits per heavy atom. The second-order valence-electron chi connectivity index (χ2n) is 7.61. The summed E-state index contributed by atoms with van der Waals surface area (Å²) in [6, 6.07) is 10.6. The van der Waals surface area contributed by atoms with E-state index in [2.05, 4.69) is 20.9 Å². The Labute approximate surface area is 214 Å². The zero-order valence-electron chi connectivity index (χ0n) is 19.6. The van der Waals surface area contributed by atoms with Gasteiger partial charge in [-0.25, -0.2) is 4.90 Å². The van der Waals surface area contributed by atoms with Crippen LogP contribution >= 0.6 is 27.7 Å². The Morgan fingerprint density at radius 2 is 1.97 bits per heavy atom. The zero-order valence-corrected chi connectivity index (χ0v) is 22.0. The first-order valence-electron chi connectivity index (χ1n) is 11.0. The first-order chi connectivity index (χ1) is 16.8.